The molecule has 24 valence electrons. The molecule has 0 aliphatic carbocycles. The Morgan fingerprint density at radius 2 is 0.400 bits per heavy atom. The summed E-state index contributed by atoms with van der Waals surface area (Å²) in [5.41, 5.74) is 0. The zero-order valence-corrected chi connectivity index (χ0v) is 11.9. The maximum Gasteiger partial charge on any atom is 3.00 e. The van der Waals surface area contributed by atoms with Crippen molar-refractivity contribution in [2.24, 2.45) is 0 Å². The fourth-order valence-electron chi connectivity index (χ4n) is 0. The van der Waals surface area contributed by atoms with Crippen molar-refractivity contribution in [2.75, 3.05) is 0 Å². The quantitative estimate of drug-likeness (QED) is 0.434. The summed E-state index contributed by atoms with van der Waals surface area (Å²) in [6, 6.07) is 0. The van der Waals surface area contributed by atoms with Crippen molar-refractivity contribution in [2.45, 2.75) is 0 Å². The molecule has 0 radical (unpaired) electrons. The molecule has 0 aliphatic rings. The van der Waals surface area contributed by atoms with Gasteiger partial charge in [0.05, 0.1) is 0 Å². The minimum Gasteiger partial charge on any atom is -2.00 e. The van der Waals surface area contributed by atoms with Crippen LogP contribution in [-0.2, 0) is 16.4 Å². The first-order valence-electron chi connectivity index (χ1n) is 0. The Kier molecular flexibility index (Phi) is 274. The summed E-state index contributed by atoms with van der Waals surface area (Å²) in [4.78, 5) is 0. The molecule has 0 aromatic rings. The van der Waals surface area contributed by atoms with Gasteiger partial charge >= 0.3 is 88.1 Å². The van der Waals surface area contributed by atoms with Crippen LogP contribution < -0.4 is 0 Å². The predicted octanol–water partition coefficient (Wildman–Crippen LogP) is -0.356. The Labute approximate surface area is 102 Å². The molecule has 0 saturated heterocycles. The largest absolute Gasteiger partial charge is 3.00 e. The van der Waals surface area contributed by atoms with Crippen LogP contribution in [0.25, 0.3) is 0 Å². The van der Waals surface area contributed by atoms with E-state index in [1.807, 2.05) is 0 Å². The van der Waals surface area contributed by atoms with Gasteiger partial charge in [0.1, 0.15) is 0 Å². The summed E-state index contributed by atoms with van der Waals surface area (Å²) in [6.07, 6.45) is 0. The second-order valence-corrected chi connectivity index (χ2v) is 0. The normalized spacial score (nSPS) is 0. The molecular weight excluding hydrogens is 502 g/mol. The fraction of sp³-hybridized carbons (Fsp3) is 0. The summed E-state index contributed by atoms with van der Waals surface area (Å²) in [7, 11) is 0. The maximum absolute atomic E-state index is 0. The van der Waals surface area contributed by atoms with Gasteiger partial charge in [0.2, 0.25) is 0 Å². The number of rotatable bonds is 0. The van der Waals surface area contributed by atoms with Gasteiger partial charge < -0.3 is 16.4 Å². The first-order chi connectivity index (χ1) is 0. The van der Waals surface area contributed by atoms with E-state index in [1.165, 1.54) is 0 Å². The molecule has 0 atom stereocenters. The standard InChI is InChI=1S/2Ac.3O/q2*+3;3*-2. The van der Waals surface area contributed by atoms with Crippen molar-refractivity contribution in [1.82, 2.24) is 0 Å². The molecule has 0 bridgehead atoms. The van der Waals surface area contributed by atoms with Gasteiger partial charge in [0.15, 0.2) is 0 Å². The Bertz CT molecular complexity index is 4.85. The van der Waals surface area contributed by atoms with E-state index in [9.17, 15) is 0 Å². The van der Waals surface area contributed by atoms with Crippen molar-refractivity contribution in [3.63, 3.8) is 0 Å². The van der Waals surface area contributed by atoms with Gasteiger partial charge in [-0.15, -0.1) is 0 Å². The molecule has 0 aromatic heterocycles. The Morgan fingerprint density at radius 1 is 0.400 bits per heavy atom. The van der Waals surface area contributed by atoms with E-state index in [-0.39, 0.29) is 105 Å². The SMILES string of the molecule is [Ac+3].[Ac+3].[O-2].[O-2].[O-2]. The van der Waals surface area contributed by atoms with Gasteiger partial charge in [-0.1, -0.05) is 0 Å². The molecule has 5 heavy (non-hydrogen) atoms. The summed E-state index contributed by atoms with van der Waals surface area (Å²) >= 11 is 0. The molecule has 5 heteroatoms. The van der Waals surface area contributed by atoms with E-state index in [4.69, 9.17) is 0 Å². The molecule has 0 rings (SSSR count). The predicted molar refractivity (Wildman–Crippen MR) is 2.06 cm³/mol. The van der Waals surface area contributed by atoms with Gasteiger partial charge in [-0.05, 0) is 0 Å². The van der Waals surface area contributed by atoms with Crippen LogP contribution in [0.15, 0.2) is 0 Å². The molecule has 0 saturated carbocycles. The monoisotopic (exact) mass is 502 g/mol. The van der Waals surface area contributed by atoms with Crippen LogP contribution in [0.5, 0.6) is 0 Å². The molecule has 0 unspecified atom stereocenters. The van der Waals surface area contributed by atoms with Gasteiger partial charge in [0, 0.05) is 0 Å². The number of hydrogen-bond acceptors (Lipinski definition) is 0. The second-order valence-electron chi connectivity index (χ2n) is 0. The van der Waals surface area contributed by atoms with Gasteiger partial charge in [-0.3, -0.25) is 0 Å². The number of hydrogen-bond donors (Lipinski definition) is 0. The van der Waals surface area contributed by atoms with Crippen LogP contribution in [0.1, 0.15) is 0 Å². The average Bonchev–Trinajstić information content (AvgIpc) is 0. The summed E-state index contributed by atoms with van der Waals surface area (Å²) in [5.74, 6) is 0. The minimum absolute atomic E-state index is 0. The molecule has 0 amide bonds. The Balaban J connectivity index is 0. The van der Waals surface area contributed by atoms with Crippen LogP contribution in [0.2, 0.25) is 0 Å². The Morgan fingerprint density at radius 3 is 0.400 bits per heavy atom. The van der Waals surface area contributed by atoms with Gasteiger partial charge in [0.25, 0.3) is 0 Å². The molecule has 0 N–H and O–H groups in total. The average molecular weight is 502 g/mol. The van der Waals surface area contributed by atoms with Crippen LogP contribution >= 0.6 is 0 Å². The summed E-state index contributed by atoms with van der Waals surface area (Å²) < 4.78 is 0. The molecule has 0 heterocycles. The smallest absolute Gasteiger partial charge is 2.00 e. The summed E-state index contributed by atoms with van der Waals surface area (Å²) in [6.45, 7) is 0. The van der Waals surface area contributed by atoms with Crippen molar-refractivity contribution in [3.05, 3.63) is 0 Å². The van der Waals surface area contributed by atoms with E-state index in [1.54, 1.807) is 0 Å². The second kappa shape index (κ2) is 29.4. The molecule has 0 aliphatic heterocycles. The third-order valence-corrected chi connectivity index (χ3v) is 0. The Hall–Kier alpha value is 2.76. The maximum atomic E-state index is 0. The van der Waals surface area contributed by atoms with E-state index in [2.05, 4.69) is 0 Å². The first-order valence-corrected chi connectivity index (χ1v) is 0. The van der Waals surface area contributed by atoms with Crippen LogP contribution in [0.3, 0.4) is 0 Å². The zero-order valence-electron chi connectivity index (χ0n) is 2.38. The third kappa shape index (κ3) is 20.1. The van der Waals surface area contributed by atoms with E-state index >= 15 is 0 Å². The molecule has 0 fully saturated rings. The van der Waals surface area contributed by atoms with E-state index in [0.717, 1.165) is 0 Å². The fourth-order valence-corrected chi connectivity index (χ4v) is 0. The van der Waals surface area contributed by atoms with E-state index in [0.29, 0.717) is 0 Å². The van der Waals surface area contributed by atoms with Crippen LogP contribution in [-0.4, -0.2) is 0 Å². The van der Waals surface area contributed by atoms with Crippen molar-refractivity contribution in [1.29, 1.82) is 0 Å². The van der Waals surface area contributed by atoms with Gasteiger partial charge in [-0.25, -0.2) is 0 Å². The van der Waals surface area contributed by atoms with Crippen LogP contribution in [0.4, 0.5) is 0 Å². The van der Waals surface area contributed by atoms with Crippen LogP contribution in [0, 0.1) is 88.1 Å². The molecular formula is Ac2O3. The van der Waals surface area contributed by atoms with Gasteiger partial charge in [-0.2, -0.15) is 0 Å². The summed E-state index contributed by atoms with van der Waals surface area (Å²) in [5, 5.41) is 0. The molecule has 3 nitrogen and oxygen atoms in total. The van der Waals surface area contributed by atoms with E-state index < -0.39 is 0 Å². The molecule has 0 aromatic carbocycles. The third-order valence-electron chi connectivity index (χ3n) is 0. The van der Waals surface area contributed by atoms with Crippen molar-refractivity contribution < 1.29 is 105 Å². The zero-order chi connectivity index (χ0) is 0. The van der Waals surface area contributed by atoms with Crippen molar-refractivity contribution >= 4 is 0 Å². The topological polar surface area (TPSA) is 85.5 Å². The molecule has 0 spiro atoms. The first kappa shape index (κ1) is 46.5. The van der Waals surface area contributed by atoms with Crippen molar-refractivity contribution in [3.8, 4) is 0 Å². The minimum atomic E-state index is 0.